The highest BCUT2D eigenvalue weighted by Gasteiger charge is 2.42. The molecule has 1 aromatic rings. The van der Waals surface area contributed by atoms with Crippen molar-refractivity contribution in [2.45, 2.75) is 44.6 Å². The summed E-state index contributed by atoms with van der Waals surface area (Å²) in [4.78, 5) is 0. The zero-order chi connectivity index (χ0) is 14.4. The Labute approximate surface area is 135 Å². The summed E-state index contributed by atoms with van der Waals surface area (Å²) in [7, 11) is 2.13. The molecule has 0 spiro atoms. The number of likely N-dealkylation sites (N-methyl/N-ethyl adjacent to an activating group) is 1. The zero-order valence-corrected chi connectivity index (χ0v) is 14.3. The van der Waals surface area contributed by atoms with Gasteiger partial charge in [0.1, 0.15) is 5.75 Å². The van der Waals surface area contributed by atoms with E-state index in [1.807, 2.05) is 0 Å². The Morgan fingerprint density at radius 1 is 1.33 bits per heavy atom. The summed E-state index contributed by atoms with van der Waals surface area (Å²) in [5, 5.41) is 3.62. The predicted octanol–water partition coefficient (Wildman–Crippen LogP) is 3.95. The van der Waals surface area contributed by atoms with Gasteiger partial charge >= 0.3 is 0 Å². The zero-order valence-electron chi connectivity index (χ0n) is 12.7. The van der Waals surface area contributed by atoms with Gasteiger partial charge in [-0.2, -0.15) is 0 Å². The summed E-state index contributed by atoms with van der Waals surface area (Å²) >= 11 is 3.67. The predicted molar refractivity (Wildman–Crippen MR) is 88.8 cm³/mol. The van der Waals surface area contributed by atoms with Crippen LogP contribution in [-0.2, 0) is 12.8 Å². The molecule has 2 bridgehead atoms. The summed E-state index contributed by atoms with van der Waals surface area (Å²) < 4.78 is 7.10. The average molecular weight is 350 g/mol. The first kappa shape index (κ1) is 14.1. The Bertz CT molecular complexity index is 544. The third-order valence-corrected chi connectivity index (χ3v) is 6.40. The minimum absolute atomic E-state index is 0.600. The molecule has 21 heavy (non-hydrogen) atoms. The second-order valence-electron chi connectivity index (χ2n) is 7.09. The van der Waals surface area contributed by atoms with Crippen LogP contribution < -0.4 is 10.1 Å². The van der Waals surface area contributed by atoms with Crippen LogP contribution in [0.1, 0.15) is 36.8 Å². The number of halogens is 1. The van der Waals surface area contributed by atoms with Crippen molar-refractivity contribution < 1.29 is 4.74 Å². The summed E-state index contributed by atoms with van der Waals surface area (Å²) in [6.45, 7) is 0.844. The molecule has 1 heterocycles. The molecule has 2 saturated carbocycles. The lowest BCUT2D eigenvalue weighted by Gasteiger charge is -2.31. The van der Waals surface area contributed by atoms with E-state index in [2.05, 4.69) is 40.4 Å². The van der Waals surface area contributed by atoms with Crippen LogP contribution in [0.3, 0.4) is 0 Å². The number of fused-ring (bicyclic) bond motifs is 3. The van der Waals surface area contributed by atoms with E-state index in [1.54, 1.807) is 0 Å². The van der Waals surface area contributed by atoms with Crippen LogP contribution in [0, 0.1) is 17.8 Å². The fourth-order valence-corrected chi connectivity index (χ4v) is 5.54. The van der Waals surface area contributed by atoms with Crippen LogP contribution >= 0.6 is 15.9 Å². The molecule has 4 unspecified atom stereocenters. The first-order valence-corrected chi connectivity index (χ1v) is 9.15. The Kier molecular flexibility index (Phi) is 3.74. The highest BCUT2D eigenvalue weighted by molar-refractivity contribution is 9.10. The van der Waals surface area contributed by atoms with Gasteiger partial charge in [0.2, 0.25) is 0 Å². The Balaban J connectivity index is 1.57. The third kappa shape index (κ3) is 2.53. The highest BCUT2D eigenvalue weighted by atomic mass is 79.9. The first-order chi connectivity index (χ1) is 10.2. The summed E-state index contributed by atoms with van der Waals surface area (Å²) in [5.41, 5.74) is 2.76. The maximum absolute atomic E-state index is 5.91. The van der Waals surface area contributed by atoms with Crippen molar-refractivity contribution in [1.82, 2.24) is 5.32 Å². The number of nitrogens with one attached hydrogen (secondary N) is 1. The van der Waals surface area contributed by atoms with Crippen LogP contribution in [0.25, 0.3) is 0 Å². The molecule has 2 fully saturated rings. The van der Waals surface area contributed by atoms with E-state index >= 15 is 0 Å². The van der Waals surface area contributed by atoms with Gasteiger partial charge in [-0.25, -0.2) is 0 Å². The van der Waals surface area contributed by atoms with Crippen LogP contribution in [0.4, 0.5) is 0 Å². The van der Waals surface area contributed by atoms with Crippen molar-refractivity contribution >= 4 is 15.9 Å². The molecule has 0 saturated heterocycles. The van der Waals surface area contributed by atoms with Crippen molar-refractivity contribution in [3.63, 3.8) is 0 Å². The van der Waals surface area contributed by atoms with Crippen LogP contribution in [0.15, 0.2) is 16.6 Å². The average Bonchev–Trinajstić information content (AvgIpc) is 3.19. The second-order valence-corrected chi connectivity index (χ2v) is 8.01. The molecule has 4 rings (SSSR count). The maximum atomic E-state index is 5.91. The number of rotatable bonds is 4. The van der Waals surface area contributed by atoms with Gasteiger partial charge < -0.3 is 10.1 Å². The summed E-state index contributed by atoms with van der Waals surface area (Å²) in [5.74, 6) is 4.01. The van der Waals surface area contributed by atoms with E-state index in [9.17, 15) is 0 Å². The fraction of sp³-hybridized carbons (Fsp3) is 0.667. The summed E-state index contributed by atoms with van der Waals surface area (Å²) in [6.07, 6.45) is 8.02. The first-order valence-electron chi connectivity index (χ1n) is 8.36. The molecule has 0 aromatic heterocycles. The van der Waals surface area contributed by atoms with Gasteiger partial charge in [0, 0.05) is 16.9 Å². The topological polar surface area (TPSA) is 21.3 Å². The quantitative estimate of drug-likeness (QED) is 0.888. The van der Waals surface area contributed by atoms with E-state index in [4.69, 9.17) is 4.74 Å². The van der Waals surface area contributed by atoms with E-state index in [-0.39, 0.29) is 0 Å². The van der Waals surface area contributed by atoms with E-state index < -0.39 is 0 Å². The molecule has 2 aliphatic carbocycles. The lowest BCUT2D eigenvalue weighted by molar-refractivity contribution is 0.253. The van der Waals surface area contributed by atoms with Gasteiger partial charge in [-0.3, -0.25) is 0 Å². The molecule has 3 heteroatoms. The van der Waals surface area contributed by atoms with Crippen molar-refractivity contribution in [3.8, 4) is 5.75 Å². The largest absolute Gasteiger partial charge is 0.493 e. The molecule has 3 aliphatic rings. The van der Waals surface area contributed by atoms with E-state index in [0.717, 1.165) is 37.2 Å². The molecule has 4 atom stereocenters. The van der Waals surface area contributed by atoms with E-state index in [0.29, 0.717) is 6.04 Å². The summed E-state index contributed by atoms with van der Waals surface area (Å²) in [6, 6.07) is 5.09. The molecule has 2 nitrogen and oxygen atoms in total. The number of ether oxygens (including phenoxy) is 1. The Morgan fingerprint density at radius 2 is 2.24 bits per heavy atom. The molecule has 0 amide bonds. The van der Waals surface area contributed by atoms with E-state index in [1.165, 1.54) is 47.0 Å². The maximum Gasteiger partial charge on any atom is 0.125 e. The monoisotopic (exact) mass is 349 g/mol. The molecule has 0 radical (unpaired) electrons. The number of hydrogen-bond acceptors (Lipinski definition) is 2. The van der Waals surface area contributed by atoms with Gasteiger partial charge in [-0.1, -0.05) is 22.4 Å². The molecule has 1 aliphatic heterocycles. The van der Waals surface area contributed by atoms with Crippen LogP contribution in [0.5, 0.6) is 5.75 Å². The second kappa shape index (κ2) is 5.58. The highest BCUT2D eigenvalue weighted by Crippen LogP contribution is 2.50. The SMILES string of the molecule is CNC(Cc1cc(Br)cc2c1OCC2)C1CC2CCC1C2. The van der Waals surface area contributed by atoms with Crippen LogP contribution in [0.2, 0.25) is 0 Å². The van der Waals surface area contributed by atoms with Crippen molar-refractivity contribution in [2.24, 2.45) is 17.8 Å². The fourth-order valence-electron chi connectivity index (χ4n) is 4.99. The Hall–Kier alpha value is -0.540. The molecular weight excluding hydrogens is 326 g/mol. The minimum atomic E-state index is 0.600. The molecule has 114 valence electrons. The van der Waals surface area contributed by atoms with Crippen molar-refractivity contribution in [2.75, 3.05) is 13.7 Å². The van der Waals surface area contributed by atoms with Gasteiger partial charge in [0.25, 0.3) is 0 Å². The minimum Gasteiger partial charge on any atom is -0.493 e. The molecule has 1 N–H and O–H groups in total. The third-order valence-electron chi connectivity index (χ3n) is 5.95. The smallest absolute Gasteiger partial charge is 0.125 e. The number of benzene rings is 1. The molecular formula is C18H24BrNO. The lowest BCUT2D eigenvalue weighted by Crippen LogP contribution is -2.38. The Morgan fingerprint density at radius 3 is 2.95 bits per heavy atom. The standard InChI is InChI=1S/C18H24BrNO/c1-20-17(16-7-11-2-3-12(16)6-11)10-14-9-15(19)8-13-4-5-21-18(13)14/h8-9,11-12,16-17,20H,2-7,10H2,1H3. The lowest BCUT2D eigenvalue weighted by atomic mass is 9.81. The van der Waals surface area contributed by atoms with Gasteiger partial charge in [0.05, 0.1) is 6.61 Å². The normalized spacial score (nSPS) is 31.2. The molecule has 1 aromatic carbocycles. The van der Waals surface area contributed by atoms with Gasteiger partial charge in [-0.15, -0.1) is 0 Å². The van der Waals surface area contributed by atoms with Gasteiger partial charge in [-0.05, 0) is 73.7 Å². The van der Waals surface area contributed by atoms with Crippen molar-refractivity contribution in [3.05, 3.63) is 27.7 Å². The number of hydrogen-bond donors (Lipinski definition) is 1. The van der Waals surface area contributed by atoms with Crippen molar-refractivity contribution in [1.29, 1.82) is 0 Å². The van der Waals surface area contributed by atoms with Crippen LogP contribution in [-0.4, -0.2) is 19.7 Å². The van der Waals surface area contributed by atoms with Gasteiger partial charge in [0.15, 0.2) is 0 Å².